The summed E-state index contributed by atoms with van der Waals surface area (Å²) in [4.78, 5) is 26.6. The van der Waals surface area contributed by atoms with E-state index in [9.17, 15) is 9.59 Å². The molecule has 1 aliphatic heterocycles. The van der Waals surface area contributed by atoms with Gasteiger partial charge in [0.05, 0.1) is 12.5 Å². The predicted molar refractivity (Wildman–Crippen MR) is 110 cm³/mol. The number of urea groups is 1. The summed E-state index contributed by atoms with van der Waals surface area (Å²) >= 11 is 5.83. The molecule has 1 fully saturated rings. The van der Waals surface area contributed by atoms with Crippen molar-refractivity contribution in [1.82, 2.24) is 10.2 Å². The van der Waals surface area contributed by atoms with Crippen molar-refractivity contribution in [2.24, 2.45) is 5.92 Å². The van der Waals surface area contributed by atoms with Crippen LogP contribution in [0.3, 0.4) is 0 Å². The van der Waals surface area contributed by atoms with E-state index in [-0.39, 0.29) is 17.9 Å². The Labute approximate surface area is 169 Å². The molecule has 1 atom stereocenters. The number of amides is 3. The molecule has 2 N–H and O–H groups in total. The molecular formula is C21H24ClN3O3. The standard InChI is InChI=1S/C21H24ClN3O3/c22-17-8-10-19(11-9-17)28-14-12-23-20(26)16-5-4-13-25(15-16)21(27)24-18-6-2-1-3-7-18/h1-3,6-11,16H,4-5,12-15H2,(H,23,26)(H,24,27)/t16-/m0/s1. The Hall–Kier alpha value is -2.73. The topological polar surface area (TPSA) is 70.7 Å². The van der Waals surface area contributed by atoms with Gasteiger partial charge in [0.25, 0.3) is 0 Å². The third-order valence-electron chi connectivity index (χ3n) is 4.59. The zero-order chi connectivity index (χ0) is 19.8. The molecular weight excluding hydrogens is 378 g/mol. The Morgan fingerprint density at radius 2 is 1.86 bits per heavy atom. The van der Waals surface area contributed by atoms with Gasteiger partial charge in [-0.2, -0.15) is 0 Å². The molecule has 6 nitrogen and oxygen atoms in total. The SMILES string of the molecule is O=C(NCCOc1ccc(Cl)cc1)[C@H]1CCCN(C(=O)Nc2ccccc2)C1. The van der Waals surface area contributed by atoms with Gasteiger partial charge in [-0.1, -0.05) is 29.8 Å². The molecule has 0 saturated carbocycles. The fraction of sp³-hybridized carbons (Fsp3) is 0.333. The maximum Gasteiger partial charge on any atom is 0.321 e. The van der Waals surface area contributed by atoms with Crippen molar-refractivity contribution in [2.45, 2.75) is 12.8 Å². The Bertz CT molecular complexity index is 783. The molecule has 148 valence electrons. The van der Waals surface area contributed by atoms with Gasteiger partial charge in [0.2, 0.25) is 5.91 Å². The van der Waals surface area contributed by atoms with E-state index in [0.717, 1.165) is 18.5 Å². The second-order valence-electron chi connectivity index (χ2n) is 6.67. The van der Waals surface area contributed by atoms with E-state index in [1.807, 2.05) is 30.3 Å². The van der Waals surface area contributed by atoms with Crippen molar-refractivity contribution in [2.75, 3.05) is 31.6 Å². The minimum Gasteiger partial charge on any atom is -0.492 e. The summed E-state index contributed by atoms with van der Waals surface area (Å²) in [5.74, 6) is 0.461. The molecule has 3 rings (SSSR count). The van der Waals surface area contributed by atoms with Crippen LogP contribution in [0, 0.1) is 5.92 Å². The van der Waals surface area contributed by atoms with Crippen molar-refractivity contribution < 1.29 is 14.3 Å². The molecule has 1 saturated heterocycles. The molecule has 0 aromatic heterocycles. The number of hydrogen-bond acceptors (Lipinski definition) is 3. The first-order chi connectivity index (χ1) is 13.6. The maximum absolute atomic E-state index is 12.4. The highest BCUT2D eigenvalue weighted by atomic mass is 35.5. The van der Waals surface area contributed by atoms with E-state index in [4.69, 9.17) is 16.3 Å². The van der Waals surface area contributed by atoms with Crippen LogP contribution in [0.25, 0.3) is 0 Å². The summed E-state index contributed by atoms with van der Waals surface area (Å²) in [5, 5.41) is 6.42. The average molecular weight is 402 g/mol. The molecule has 0 unspecified atom stereocenters. The molecule has 2 aromatic carbocycles. The lowest BCUT2D eigenvalue weighted by Gasteiger charge is -2.32. The smallest absolute Gasteiger partial charge is 0.321 e. The van der Waals surface area contributed by atoms with Crippen LogP contribution in [0.1, 0.15) is 12.8 Å². The Morgan fingerprint density at radius 1 is 1.11 bits per heavy atom. The van der Waals surface area contributed by atoms with Crippen LogP contribution in [0.2, 0.25) is 5.02 Å². The zero-order valence-corrected chi connectivity index (χ0v) is 16.3. The van der Waals surface area contributed by atoms with Gasteiger partial charge in [-0.05, 0) is 49.2 Å². The first-order valence-electron chi connectivity index (χ1n) is 9.39. The summed E-state index contributed by atoms with van der Waals surface area (Å²) in [6, 6.07) is 16.2. The van der Waals surface area contributed by atoms with Gasteiger partial charge < -0.3 is 20.3 Å². The maximum atomic E-state index is 12.4. The number of anilines is 1. The monoisotopic (exact) mass is 401 g/mol. The largest absolute Gasteiger partial charge is 0.492 e. The van der Waals surface area contributed by atoms with Crippen LogP contribution in [0.15, 0.2) is 54.6 Å². The normalized spacial score (nSPS) is 16.3. The highest BCUT2D eigenvalue weighted by Gasteiger charge is 2.28. The number of carbonyl (C=O) groups is 2. The average Bonchev–Trinajstić information content (AvgIpc) is 2.73. The predicted octanol–water partition coefficient (Wildman–Crippen LogP) is 3.78. The van der Waals surface area contributed by atoms with E-state index in [1.54, 1.807) is 29.2 Å². The van der Waals surface area contributed by atoms with Gasteiger partial charge in [0, 0.05) is 23.8 Å². The highest BCUT2D eigenvalue weighted by Crippen LogP contribution is 2.18. The summed E-state index contributed by atoms with van der Waals surface area (Å²) in [6.45, 7) is 1.86. The molecule has 0 spiro atoms. The lowest BCUT2D eigenvalue weighted by Crippen LogP contribution is -2.47. The summed E-state index contributed by atoms with van der Waals surface area (Å²) in [5.41, 5.74) is 0.749. The minimum absolute atomic E-state index is 0.0445. The summed E-state index contributed by atoms with van der Waals surface area (Å²) in [6.07, 6.45) is 1.58. The number of ether oxygens (including phenoxy) is 1. The van der Waals surface area contributed by atoms with Gasteiger partial charge in [-0.3, -0.25) is 4.79 Å². The van der Waals surface area contributed by atoms with Crippen molar-refractivity contribution in [3.8, 4) is 5.75 Å². The fourth-order valence-electron chi connectivity index (χ4n) is 3.12. The third kappa shape index (κ3) is 5.89. The van der Waals surface area contributed by atoms with Crippen LogP contribution in [-0.4, -0.2) is 43.1 Å². The van der Waals surface area contributed by atoms with E-state index >= 15 is 0 Å². The number of piperidine rings is 1. The lowest BCUT2D eigenvalue weighted by atomic mass is 9.97. The van der Waals surface area contributed by atoms with Crippen molar-refractivity contribution >= 4 is 29.2 Å². The van der Waals surface area contributed by atoms with Gasteiger partial charge in [0.15, 0.2) is 0 Å². The molecule has 3 amide bonds. The van der Waals surface area contributed by atoms with Crippen molar-refractivity contribution in [1.29, 1.82) is 0 Å². The quantitative estimate of drug-likeness (QED) is 0.723. The number of benzene rings is 2. The summed E-state index contributed by atoms with van der Waals surface area (Å²) < 4.78 is 5.58. The molecule has 0 radical (unpaired) electrons. The summed E-state index contributed by atoms with van der Waals surface area (Å²) in [7, 11) is 0. The number of nitrogens with zero attached hydrogens (tertiary/aromatic N) is 1. The van der Waals surface area contributed by atoms with Crippen LogP contribution >= 0.6 is 11.6 Å². The van der Waals surface area contributed by atoms with E-state index in [1.165, 1.54) is 0 Å². The van der Waals surface area contributed by atoms with Gasteiger partial charge in [0.1, 0.15) is 12.4 Å². The van der Waals surface area contributed by atoms with E-state index in [2.05, 4.69) is 10.6 Å². The Kier molecular flexibility index (Phi) is 7.14. The molecule has 1 aliphatic rings. The van der Waals surface area contributed by atoms with E-state index in [0.29, 0.717) is 37.0 Å². The number of likely N-dealkylation sites (tertiary alicyclic amines) is 1. The molecule has 2 aromatic rings. The van der Waals surface area contributed by atoms with Gasteiger partial charge in [-0.15, -0.1) is 0 Å². The first kappa shape index (κ1) is 20.0. The van der Waals surface area contributed by atoms with E-state index < -0.39 is 0 Å². The van der Waals surface area contributed by atoms with Crippen molar-refractivity contribution in [3.05, 3.63) is 59.6 Å². The molecule has 0 bridgehead atoms. The van der Waals surface area contributed by atoms with Gasteiger partial charge in [-0.25, -0.2) is 4.79 Å². The molecule has 7 heteroatoms. The fourth-order valence-corrected chi connectivity index (χ4v) is 3.24. The number of para-hydroxylation sites is 1. The minimum atomic E-state index is -0.203. The lowest BCUT2D eigenvalue weighted by molar-refractivity contribution is -0.126. The number of nitrogens with one attached hydrogen (secondary N) is 2. The zero-order valence-electron chi connectivity index (χ0n) is 15.6. The van der Waals surface area contributed by atoms with Crippen molar-refractivity contribution in [3.63, 3.8) is 0 Å². The number of hydrogen-bond donors (Lipinski definition) is 2. The van der Waals surface area contributed by atoms with Crippen LogP contribution in [0.4, 0.5) is 10.5 Å². The number of halogens is 1. The first-order valence-corrected chi connectivity index (χ1v) is 9.76. The van der Waals surface area contributed by atoms with Crippen LogP contribution in [0.5, 0.6) is 5.75 Å². The number of rotatable bonds is 6. The third-order valence-corrected chi connectivity index (χ3v) is 4.84. The Balaban J connectivity index is 1.41. The molecule has 28 heavy (non-hydrogen) atoms. The molecule has 1 heterocycles. The number of carbonyl (C=O) groups excluding carboxylic acids is 2. The van der Waals surface area contributed by atoms with Crippen LogP contribution in [-0.2, 0) is 4.79 Å². The highest BCUT2D eigenvalue weighted by molar-refractivity contribution is 6.30. The van der Waals surface area contributed by atoms with Crippen LogP contribution < -0.4 is 15.4 Å². The second-order valence-corrected chi connectivity index (χ2v) is 7.11. The Morgan fingerprint density at radius 3 is 2.61 bits per heavy atom. The van der Waals surface area contributed by atoms with Gasteiger partial charge >= 0.3 is 6.03 Å². The second kappa shape index (κ2) is 9.99. The molecule has 0 aliphatic carbocycles.